The zero-order chi connectivity index (χ0) is 9.84. The van der Waals surface area contributed by atoms with Crippen molar-refractivity contribution in [3.8, 4) is 0 Å². The van der Waals surface area contributed by atoms with Gasteiger partial charge in [0.1, 0.15) is 0 Å². The van der Waals surface area contributed by atoms with Gasteiger partial charge in [-0.05, 0) is 38.8 Å². The van der Waals surface area contributed by atoms with E-state index in [1.807, 2.05) is 0 Å². The molecule has 3 heteroatoms. The molecule has 0 bridgehead atoms. The Kier molecular flexibility index (Phi) is 3.48. The lowest BCUT2D eigenvalue weighted by Crippen LogP contribution is -2.08. The van der Waals surface area contributed by atoms with Crippen molar-refractivity contribution >= 4 is 0 Å². The zero-order valence-corrected chi connectivity index (χ0v) is 8.80. The van der Waals surface area contributed by atoms with Crippen LogP contribution in [0.4, 0.5) is 0 Å². The number of aromatic nitrogens is 2. The van der Waals surface area contributed by atoms with Crippen LogP contribution in [0.5, 0.6) is 0 Å². The largest absolute Gasteiger partial charge is 0.330 e. The lowest BCUT2D eigenvalue weighted by molar-refractivity contribution is 0.567. The maximum atomic E-state index is 5.46. The first-order valence-electron chi connectivity index (χ1n) is 4.93. The fraction of sp³-hybridized carbons (Fsp3) is 0.700. The number of nitrogens with zero attached hydrogens (tertiary/aromatic N) is 2. The van der Waals surface area contributed by atoms with Crippen molar-refractivity contribution in [2.24, 2.45) is 5.73 Å². The monoisotopic (exact) mass is 181 g/mol. The van der Waals surface area contributed by atoms with Crippen molar-refractivity contribution in [1.82, 2.24) is 9.78 Å². The third-order valence-electron chi connectivity index (χ3n) is 2.46. The molecule has 13 heavy (non-hydrogen) atoms. The first-order valence-corrected chi connectivity index (χ1v) is 4.93. The van der Waals surface area contributed by atoms with E-state index in [0.717, 1.165) is 31.6 Å². The number of hydrogen-bond donors (Lipinski definition) is 1. The van der Waals surface area contributed by atoms with Gasteiger partial charge in [-0.15, -0.1) is 0 Å². The average molecular weight is 181 g/mol. The minimum absolute atomic E-state index is 0.736. The van der Waals surface area contributed by atoms with Crippen LogP contribution in [0.2, 0.25) is 0 Å². The van der Waals surface area contributed by atoms with E-state index in [1.54, 1.807) is 0 Å². The van der Waals surface area contributed by atoms with Crippen LogP contribution in [0.15, 0.2) is 0 Å². The normalized spacial score (nSPS) is 10.8. The standard InChI is InChI=1S/C10H19N3/c1-4-10-8(2)12-13(9(10)3)7-5-6-11/h4-7,11H2,1-3H3. The lowest BCUT2D eigenvalue weighted by Gasteiger charge is -2.02. The van der Waals surface area contributed by atoms with Crippen LogP contribution < -0.4 is 5.73 Å². The van der Waals surface area contributed by atoms with Crippen molar-refractivity contribution in [2.45, 2.75) is 40.2 Å². The number of nitrogens with two attached hydrogens (primary N) is 1. The van der Waals surface area contributed by atoms with E-state index < -0.39 is 0 Å². The van der Waals surface area contributed by atoms with Crippen LogP contribution in [0, 0.1) is 13.8 Å². The second-order valence-corrected chi connectivity index (χ2v) is 3.37. The number of hydrogen-bond acceptors (Lipinski definition) is 2. The van der Waals surface area contributed by atoms with Crippen LogP contribution in [0.25, 0.3) is 0 Å². The van der Waals surface area contributed by atoms with Crippen LogP contribution in [-0.2, 0) is 13.0 Å². The molecule has 0 unspecified atom stereocenters. The third-order valence-corrected chi connectivity index (χ3v) is 2.46. The minimum atomic E-state index is 0.736. The van der Waals surface area contributed by atoms with Gasteiger partial charge in [0.25, 0.3) is 0 Å². The molecular formula is C10H19N3. The molecule has 0 radical (unpaired) electrons. The first kappa shape index (κ1) is 10.3. The van der Waals surface area contributed by atoms with Crippen molar-refractivity contribution in [3.05, 3.63) is 17.0 Å². The van der Waals surface area contributed by atoms with Gasteiger partial charge in [-0.25, -0.2) is 0 Å². The van der Waals surface area contributed by atoms with Gasteiger partial charge in [-0.2, -0.15) is 5.10 Å². The van der Waals surface area contributed by atoms with Crippen LogP contribution in [-0.4, -0.2) is 16.3 Å². The molecule has 2 N–H and O–H groups in total. The maximum absolute atomic E-state index is 5.46. The molecule has 1 rings (SSSR count). The molecule has 1 aromatic heterocycles. The summed E-state index contributed by atoms with van der Waals surface area (Å²) in [7, 11) is 0. The summed E-state index contributed by atoms with van der Waals surface area (Å²) in [6.45, 7) is 8.06. The average Bonchev–Trinajstić information content (AvgIpc) is 2.38. The fourth-order valence-electron chi connectivity index (χ4n) is 1.70. The van der Waals surface area contributed by atoms with Crippen LogP contribution >= 0.6 is 0 Å². The molecule has 0 saturated heterocycles. The summed E-state index contributed by atoms with van der Waals surface area (Å²) in [5.74, 6) is 0. The maximum Gasteiger partial charge on any atom is 0.0628 e. The highest BCUT2D eigenvalue weighted by molar-refractivity contribution is 5.24. The molecule has 0 aromatic carbocycles. The molecule has 0 atom stereocenters. The summed E-state index contributed by atoms with van der Waals surface area (Å²) < 4.78 is 2.07. The van der Waals surface area contributed by atoms with Gasteiger partial charge < -0.3 is 5.73 Å². The molecule has 0 aliphatic heterocycles. The molecule has 1 aromatic rings. The summed E-state index contributed by atoms with van der Waals surface area (Å²) in [5, 5.41) is 4.48. The molecule has 0 aliphatic rings. The van der Waals surface area contributed by atoms with Gasteiger partial charge in [0.05, 0.1) is 5.69 Å². The van der Waals surface area contributed by atoms with Crippen LogP contribution in [0.1, 0.15) is 30.3 Å². The van der Waals surface area contributed by atoms with Gasteiger partial charge >= 0.3 is 0 Å². The predicted molar refractivity (Wildman–Crippen MR) is 54.8 cm³/mol. The Morgan fingerprint density at radius 2 is 2.08 bits per heavy atom. The van der Waals surface area contributed by atoms with Gasteiger partial charge in [0.2, 0.25) is 0 Å². The van der Waals surface area contributed by atoms with Crippen LogP contribution in [0.3, 0.4) is 0 Å². The Morgan fingerprint density at radius 1 is 1.38 bits per heavy atom. The molecule has 0 spiro atoms. The summed E-state index contributed by atoms with van der Waals surface area (Å²) in [4.78, 5) is 0. The Balaban J connectivity index is 2.83. The molecule has 74 valence electrons. The highest BCUT2D eigenvalue weighted by Gasteiger charge is 2.08. The minimum Gasteiger partial charge on any atom is -0.330 e. The Hall–Kier alpha value is -0.830. The highest BCUT2D eigenvalue weighted by Crippen LogP contribution is 2.13. The highest BCUT2D eigenvalue weighted by atomic mass is 15.3. The van der Waals surface area contributed by atoms with E-state index in [9.17, 15) is 0 Å². The molecule has 0 saturated carbocycles. The summed E-state index contributed by atoms with van der Waals surface area (Å²) in [5.41, 5.74) is 9.31. The first-order chi connectivity index (χ1) is 6.20. The van der Waals surface area contributed by atoms with E-state index in [0.29, 0.717) is 0 Å². The molecule has 0 aliphatic carbocycles. The fourth-order valence-corrected chi connectivity index (χ4v) is 1.70. The quantitative estimate of drug-likeness (QED) is 0.763. The van der Waals surface area contributed by atoms with Crippen molar-refractivity contribution in [3.63, 3.8) is 0 Å². The second kappa shape index (κ2) is 4.42. The Bertz CT molecular complexity index is 276. The molecule has 3 nitrogen and oxygen atoms in total. The summed E-state index contributed by atoms with van der Waals surface area (Å²) in [6, 6.07) is 0. The van der Waals surface area contributed by atoms with E-state index in [-0.39, 0.29) is 0 Å². The van der Waals surface area contributed by atoms with Gasteiger partial charge in [-0.3, -0.25) is 4.68 Å². The van der Waals surface area contributed by atoms with Crippen molar-refractivity contribution in [2.75, 3.05) is 6.54 Å². The molecular weight excluding hydrogens is 162 g/mol. The van der Waals surface area contributed by atoms with Crippen molar-refractivity contribution in [1.29, 1.82) is 0 Å². The molecule has 0 amide bonds. The SMILES string of the molecule is CCc1c(C)nn(CCCN)c1C. The third kappa shape index (κ3) is 2.10. The molecule has 0 fully saturated rings. The topological polar surface area (TPSA) is 43.8 Å². The van der Waals surface area contributed by atoms with E-state index in [4.69, 9.17) is 5.73 Å². The Labute approximate surface area is 79.9 Å². The van der Waals surface area contributed by atoms with E-state index in [2.05, 4.69) is 30.6 Å². The summed E-state index contributed by atoms with van der Waals surface area (Å²) >= 11 is 0. The second-order valence-electron chi connectivity index (χ2n) is 3.37. The number of rotatable bonds is 4. The van der Waals surface area contributed by atoms with Gasteiger partial charge in [-0.1, -0.05) is 6.92 Å². The predicted octanol–water partition coefficient (Wildman–Crippen LogP) is 1.41. The van der Waals surface area contributed by atoms with E-state index in [1.165, 1.54) is 11.3 Å². The van der Waals surface area contributed by atoms with Gasteiger partial charge in [0, 0.05) is 12.2 Å². The number of aryl methyl sites for hydroxylation is 2. The zero-order valence-electron chi connectivity index (χ0n) is 8.80. The van der Waals surface area contributed by atoms with E-state index >= 15 is 0 Å². The lowest BCUT2D eigenvalue weighted by atomic mass is 10.1. The van der Waals surface area contributed by atoms with Crippen molar-refractivity contribution < 1.29 is 0 Å². The van der Waals surface area contributed by atoms with Gasteiger partial charge in [0.15, 0.2) is 0 Å². The smallest absolute Gasteiger partial charge is 0.0628 e. The molecule has 1 heterocycles. The summed E-state index contributed by atoms with van der Waals surface area (Å²) in [6.07, 6.45) is 2.07. The Morgan fingerprint density at radius 3 is 2.54 bits per heavy atom.